The van der Waals surface area contributed by atoms with E-state index in [2.05, 4.69) is 5.32 Å². The van der Waals surface area contributed by atoms with Crippen LogP contribution in [0.3, 0.4) is 0 Å². The van der Waals surface area contributed by atoms with Gasteiger partial charge >= 0.3 is 0 Å². The molecule has 0 spiro atoms. The van der Waals surface area contributed by atoms with Crippen LogP contribution < -0.4 is 9.62 Å². The molecule has 226 valence electrons. The van der Waals surface area contributed by atoms with Crippen molar-refractivity contribution in [1.82, 2.24) is 10.2 Å². The lowest BCUT2D eigenvalue weighted by atomic mass is 10.0. The van der Waals surface area contributed by atoms with Crippen molar-refractivity contribution in [2.45, 2.75) is 59.0 Å². The third-order valence-corrected chi connectivity index (χ3v) is 8.20. The van der Waals surface area contributed by atoms with Gasteiger partial charge in [0, 0.05) is 32.5 Å². The topological polar surface area (TPSA) is 86.8 Å². The molecule has 0 aromatic heterocycles. The number of halogens is 1. The second-order valence-corrected chi connectivity index (χ2v) is 12.9. The summed E-state index contributed by atoms with van der Waals surface area (Å²) in [5.41, 5.74) is 3.23. The summed E-state index contributed by atoms with van der Waals surface area (Å²) in [6, 6.07) is 21.9. The quantitative estimate of drug-likeness (QED) is 0.257. The average Bonchev–Trinajstić information content (AvgIpc) is 2.96. The van der Waals surface area contributed by atoms with E-state index in [-0.39, 0.29) is 49.5 Å². The average molecular weight is 596 g/mol. The number of carbonyl (C=O) groups is 2. The number of nitrogens with one attached hydrogen (secondary N) is 1. The third kappa shape index (κ3) is 9.98. The monoisotopic (exact) mass is 595 g/mol. The van der Waals surface area contributed by atoms with Gasteiger partial charge in [0.25, 0.3) is 0 Å². The number of hydrogen-bond donors (Lipinski definition) is 1. The molecule has 1 N–H and O–H groups in total. The molecule has 0 aliphatic rings. The Balaban J connectivity index is 1.86. The molecule has 0 saturated carbocycles. The Morgan fingerprint density at radius 2 is 1.50 bits per heavy atom. The Hall–Kier alpha value is -3.72. The highest BCUT2D eigenvalue weighted by molar-refractivity contribution is 7.92. The Kier molecular flexibility index (Phi) is 12.1. The van der Waals surface area contributed by atoms with Crippen LogP contribution in [0.15, 0.2) is 78.9 Å². The van der Waals surface area contributed by atoms with Crippen molar-refractivity contribution < 1.29 is 22.4 Å². The van der Waals surface area contributed by atoms with E-state index in [1.807, 2.05) is 63.2 Å². The SMILES string of the molecule is CCc1ccc(N(CCCC(=O)N(Cc2ccc(F)cc2)[C@@H](Cc2ccccc2)C(=O)NCC(C)C)S(C)(=O)=O)cc1. The number of benzene rings is 3. The van der Waals surface area contributed by atoms with Crippen molar-refractivity contribution >= 4 is 27.5 Å². The first-order valence-corrected chi connectivity index (χ1v) is 16.2. The van der Waals surface area contributed by atoms with E-state index in [0.29, 0.717) is 24.2 Å². The van der Waals surface area contributed by atoms with Crippen LogP contribution in [0.4, 0.5) is 10.1 Å². The highest BCUT2D eigenvalue weighted by Crippen LogP contribution is 2.21. The van der Waals surface area contributed by atoms with E-state index in [4.69, 9.17) is 0 Å². The van der Waals surface area contributed by atoms with Gasteiger partial charge in [0.05, 0.1) is 11.9 Å². The molecule has 42 heavy (non-hydrogen) atoms. The molecule has 0 heterocycles. The molecule has 0 unspecified atom stereocenters. The minimum absolute atomic E-state index is 0.0308. The second kappa shape index (κ2) is 15.5. The normalized spacial score (nSPS) is 12.1. The van der Waals surface area contributed by atoms with E-state index < -0.39 is 16.1 Å². The van der Waals surface area contributed by atoms with Crippen molar-refractivity contribution in [2.75, 3.05) is 23.7 Å². The molecule has 1 atom stereocenters. The first kappa shape index (κ1) is 32.8. The molecular weight excluding hydrogens is 553 g/mol. The number of nitrogens with zero attached hydrogens (tertiary/aromatic N) is 2. The molecule has 0 radical (unpaired) electrons. The lowest BCUT2D eigenvalue weighted by Gasteiger charge is -2.32. The zero-order chi connectivity index (χ0) is 30.7. The maximum atomic E-state index is 13.8. The fourth-order valence-corrected chi connectivity index (χ4v) is 5.63. The highest BCUT2D eigenvalue weighted by Gasteiger charge is 2.30. The van der Waals surface area contributed by atoms with Gasteiger partial charge in [-0.3, -0.25) is 13.9 Å². The van der Waals surface area contributed by atoms with Crippen LogP contribution in [-0.4, -0.2) is 50.5 Å². The van der Waals surface area contributed by atoms with Gasteiger partial charge in [-0.15, -0.1) is 0 Å². The van der Waals surface area contributed by atoms with Gasteiger partial charge in [0.1, 0.15) is 11.9 Å². The highest BCUT2D eigenvalue weighted by atomic mass is 32.2. The molecule has 0 aliphatic carbocycles. The van der Waals surface area contributed by atoms with Crippen LogP contribution in [0.1, 0.15) is 50.3 Å². The van der Waals surface area contributed by atoms with Gasteiger partial charge < -0.3 is 10.2 Å². The number of amides is 2. The van der Waals surface area contributed by atoms with Crippen LogP contribution >= 0.6 is 0 Å². The van der Waals surface area contributed by atoms with Gasteiger partial charge in [-0.05, 0) is 59.7 Å². The molecule has 3 rings (SSSR count). The van der Waals surface area contributed by atoms with Crippen LogP contribution in [0, 0.1) is 11.7 Å². The van der Waals surface area contributed by atoms with E-state index in [9.17, 15) is 22.4 Å². The molecule has 0 aliphatic heterocycles. The van der Waals surface area contributed by atoms with Gasteiger partial charge in [-0.25, -0.2) is 12.8 Å². The molecule has 0 fully saturated rings. The van der Waals surface area contributed by atoms with Crippen LogP contribution in [-0.2, 0) is 39.0 Å². The predicted molar refractivity (Wildman–Crippen MR) is 166 cm³/mol. The Bertz CT molecular complexity index is 1400. The first-order valence-electron chi connectivity index (χ1n) is 14.4. The first-order chi connectivity index (χ1) is 20.0. The number of rotatable bonds is 15. The van der Waals surface area contributed by atoms with Crippen molar-refractivity contribution in [3.63, 3.8) is 0 Å². The van der Waals surface area contributed by atoms with E-state index in [1.165, 1.54) is 21.3 Å². The number of aryl methyl sites for hydroxylation is 1. The fourth-order valence-electron chi connectivity index (χ4n) is 4.66. The van der Waals surface area contributed by atoms with E-state index >= 15 is 0 Å². The summed E-state index contributed by atoms with van der Waals surface area (Å²) >= 11 is 0. The molecule has 7 nitrogen and oxygen atoms in total. The molecule has 3 aromatic rings. The van der Waals surface area contributed by atoms with E-state index in [1.54, 1.807) is 24.3 Å². The number of sulfonamides is 1. The Morgan fingerprint density at radius 3 is 2.07 bits per heavy atom. The summed E-state index contributed by atoms with van der Waals surface area (Å²) in [5.74, 6) is -0.715. The lowest BCUT2D eigenvalue weighted by molar-refractivity contribution is -0.141. The number of carbonyl (C=O) groups excluding carboxylic acids is 2. The maximum Gasteiger partial charge on any atom is 0.243 e. The molecule has 0 bridgehead atoms. The summed E-state index contributed by atoms with van der Waals surface area (Å²) < 4.78 is 40.2. The van der Waals surface area contributed by atoms with E-state index in [0.717, 1.165) is 23.8 Å². The maximum absolute atomic E-state index is 13.8. The third-order valence-electron chi connectivity index (χ3n) is 7.01. The van der Waals surface area contributed by atoms with Gasteiger partial charge in [-0.2, -0.15) is 0 Å². The molecule has 9 heteroatoms. The van der Waals surface area contributed by atoms with Crippen LogP contribution in [0.25, 0.3) is 0 Å². The molecule has 3 aromatic carbocycles. The van der Waals surface area contributed by atoms with Crippen LogP contribution in [0.5, 0.6) is 0 Å². The Morgan fingerprint density at radius 1 is 0.881 bits per heavy atom. The van der Waals surface area contributed by atoms with Gasteiger partial charge in [-0.1, -0.05) is 75.4 Å². The minimum Gasteiger partial charge on any atom is -0.354 e. The Labute approximate surface area is 249 Å². The fraction of sp³-hybridized carbons (Fsp3) is 0.394. The summed E-state index contributed by atoms with van der Waals surface area (Å²) in [5, 5.41) is 2.98. The zero-order valence-electron chi connectivity index (χ0n) is 24.9. The zero-order valence-corrected chi connectivity index (χ0v) is 25.7. The molecule has 2 amide bonds. The summed E-state index contributed by atoms with van der Waals surface area (Å²) in [6.07, 6.45) is 2.58. The van der Waals surface area contributed by atoms with Gasteiger partial charge in [0.2, 0.25) is 21.8 Å². The van der Waals surface area contributed by atoms with Crippen molar-refractivity contribution in [3.05, 3.63) is 101 Å². The summed E-state index contributed by atoms with van der Waals surface area (Å²) in [6.45, 7) is 6.71. The summed E-state index contributed by atoms with van der Waals surface area (Å²) in [7, 11) is -3.59. The number of anilines is 1. The largest absolute Gasteiger partial charge is 0.354 e. The van der Waals surface area contributed by atoms with Crippen LogP contribution in [0.2, 0.25) is 0 Å². The molecule has 0 saturated heterocycles. The van der Waals surface area contributed by atoms with Gasteiger partial charge in [0.15, 0.2) is 0 Å². The standard InChI is InChI=1S/C33H42FN3O4S/c1-5-26-15-19-30(20-16-26)37(42(4,40)41)21-9-12-32(38)36(24-28-13-17-29(34)18-14-28)31(33(39)35-23-25(2)3)22-27-10-7-6-8-11-27/h6-8,10-11,13-20,25,31H,5,9,12,21-24H2,1-4H3,(H,35,39)/t31-/m0/s1. The minimum atomic E-state index is -3.59. The summed E-state index contributed by atoms with van der Waals surface area (Å²) in [4.78, 5) is 28.9. The predicted octanol–water partition coefficient (Wildman–Crippen LogP) is 5.35. The van der Waals surface area contributed by atoms with Crippen molar-refractivity contribution in [1.29, 1.82) is 0 Å². The smallest absolute Gasteiger partial charge is 0.243 e. The second-order valence-electron chi connectivity index (χ2n) is 11.0. The number of hydrogen-bond acceptors (Lipinski definition) is 4. The molecular formula is C33H42FN3O4S. The lowest BCUT2D eigenvalue weighted by Crippen LogP contribution is -2.51. The van der Waals surface area contributed by atoms with Crippen molar-refractivity contribution in [3.8, 4) is 0 Å². The van der Waals surface area contributed by atoms with Crippen molar-refractivity contribution in [2.24, 2.45) is 5.92 Å².